The van der Waals surface area contributed by atoms with E-state index in [1.54, 1.807) is 24.6 Å². The predicted octanol–water partition coefficient (Wildman–Crippen LogP) is 2.44. The van der Waals surface area contributed by atoms with E-state index in [0.717, 1.165) is 11.4 Å². The summed E-state index contributed by atoms with van der Waals surface area (Å²) in [6.45, 7) is 2.36. The van der Waals surface area contributed by atoms with Crippen LogP contribution in [-0.4, -0.2) is 19.2 Å². The molecule has 0 aliphatic rings. The summed E-state index contributed by atoms with van der Waals surface area (Å²) in [5.74, 6) is 1.23. The minimum Gasteiger partial charge on any atom is -0.467 e. The highest BCUT2D eigenvalue weighted by Crippen LogP contribution is 2.12. The molecule has 0 fully saturated rings. The maximum atomic E-state index is 11.6. The minimum absolute atomic E-state index is 0.0905. The quantitative estimate of drug-likeness (QED) is 0.819. The molecule has 0 aliphatic heterocycles. The van der Waals surface area contributed by atoms with Gasteiger partial charge in [0.2, 0.25) is 10.0 Å². The summed E-state index contributed by atoms with van der Waals surface area (Å²) in [4.78, 5) is 4.06. The first kappa shape index (κ1) is 14.4. The SMILES string of the molecule is CCCS(=O)(=O)Nc1ccc(NCc2ccco2)cn1. The van der Waals surface area contributed by atoms with Crippen LogP contribution in [0.5, 0.6) is 0 Å². The van der Waals surface area contributed by atoms with Crippen molar-refractivity contribution in [1.29, 1.82) is 0 Å². The first-order valence-corrected chi connectivity index (χ1v) is 7.97. The second-order valence-corrected chi connectivity index (χ2v) is 6.13. The zero-order valence-corrected chi connectivity index (χ0v) is 12.0. The lowest BCUT2D eigenvalue weighted by Crippen LogP contribution is -2.16. The van der Waals surface area contributed by atoms with Crippen molar-refractivity contribution in [2.75, 3.05) is 15.8 Å². The number of sulfonamides is 1. The molecular formula is C13H17N3O3S. The summed E-state index contributed by atoms with van der Waals surface area (Å²) in [6, 6.07) is 7.08. The molecule has 0 radical (unpaired) electrons. The van der Waals surface area contributed by atoms with Gasteiger partial charge in [-0.05, 0) is 30.7 Å². The number of hydrogen-bond donors (Lipinski definition) is 2. The number of anilines is 2. The van der Waals surface area contributed by atoms with Gasteiger partial charge in [0.05, 0.1) is 30.4 Å². The number of rotatable bonds is 7. The average molecular weight is 295 g/mol. The highest BCUT2D eigenvalue weighted by molar-refractivity contribution is 7.92. The molecule has 0 aliphatic carbocycles. The van der Waals surface area contributed by atoms with Crippen LogP contribution in [0.3, 0.4) is 0 Å². The van der Waals surface area contributed by atoms with Crippen LogP contribution in [0.1, 0.15) is 19.1 Å². The van der Waals surface area contributed by atoms with Crippen molar-refractivity contribution in [2.45, 2.75) is 19.9 Å². The molecule has 7 heteroatoms. The topological polar surface area (TPSA) is 84.2 Å². The van der Waals surface area contributed by atoms with Crippen LogP contribution in [0, 0.1) is 0 Å². The van der Waals surface area contributed by atoms with Gasteiger partial charge in [0, 0.05) is 0 Å². The molecule has 6 nitrogen and oxygen atoms in total. The molecule has 20 heavy (non-hydrogen) atoms. The third-order valence-electron chi connectivity index (χ3n) is 2.54. The van der Waals surface area contributed by atoms with Crippen molar-refractivity contribution < 1.29 is 12.8 Å². The Morgan fingerprint density at radius 2 is 2.15 bits per heavy atom. The smallest absolute Gasteiger partial charge is 0.233 e. The van der Waals surface area contributed by atoms with Gasteiger partial charge in [-0.25, -0.2) is 13.4 Å². The van der Waals surface area contributed by atoms with Gasteiger partial charge >= 0.3 is 0 Å². The molecule has 0 atom stereocenters. The van der Waals surface area contributed by atoms with Gasteiger partial charge in [0.15, 0.2) is 0 Å². The zero-order valence-electron chi connectivity index (χ0n) is 11.2. The van der Waals surface area contributed by atoms with Crippen LogP contribution in [0.15, 0.2) is 41.1 Å². The van der Waals surface area contributed by atoms with E-state index in [1.807, 2.05) is 19.1 Å². The Hall–Kier alpha value is -2.02. The summed E-state index contributed by atoms with van der Waals surface area (Å²) in [6.07, 6.45) is 3.76. The lowest BCUT2D eigenvalue weighted by atomic mass is 10.4. The summed E-state index contributed by atoms with van der Waals surface area (Å²) in [5, 5.41) is 3.13. The van der Waals surface area contributed by atoms with E-state index in [2.05, 4.69) is 15.0 Å². The lowest BCUT2D eigenvalue weighted by Gasteiger charge is -2.08. The standard InChI is InChI=1S/C13H17N3O3S/c1-2-8-20(17,18)16-13-6-5-11(9-15-13)14-10-12-4-3-7-19-12/h3-7,9,14H,2,8,10H2,1H3,(H,15,16). The van der Waals surface area contributed by atoms with Crippen LogP contribution in [0.25, 0.3) is 0 Å². The Bertz CT molecular complexity index is 621. The van der Waals surface area contributed by atoms with Crippen molar-refractivity contribution in [2.24, 2.45) is 0 Å². The third-order valence-corrected chi connectivity index (χ3v) is 4.01. The molecule has 0 saturated carbocycles. The third kappa shape index (κ3) is 4.27. The molecule has 0 spiro atoms. The van der Waals surface area contributed by atoms with Gasteiger partial charge in [0.25, 0.3) is 0 Å². The fraction of sp³-hybridized carbons (Fsp3) is 0.308. The fourth-order valence-electron chi connectivity index (χ4n) is 1.64. The molecule has 2 aromatic rings. The molecule has 2 aromatic heterocycles. The Kier molecular flexibility index (Phi) is 4.62. The Balaban J connectivity index is 1.92. The second kappa shape index (κ2) is 6.42. The van der Waals surface area contributed by atoms with Gasteiger partial charge < -0.3 is 9.73 Å². The van der Waals surface area contributed by atoms with Crippen molar-refractivity contribution in [3.05, 3.63) is 42.5 Å². The number of aromatic nitrogens is 1. The molecule has 0 unspecified atom stereocenters. The highest BCUT2D eigenvalue weighted by atomic mass is 32.2. The fourth-order valence-corrected chi connectivity index (χ4v) is 2.72. The largest absolute Gasteiger partial charge is 0.467 e. The van der Waals surface area contributed by atoms with E-state index < -0.39 is 10.0 Å². The van der Waals surface area contributed by atoms with Crippen LogP contribution < -0.4 is 10.0 Å². The Labute approximate surface area is 118 Å². The molecule has 2 rings (SSSR count). The molecule has 0 amide bonds. The van der Waals surface area contributed by atoms with Crippen molar-refractivity contribution in [1.82, 2.24) is 4.98 Å². The Morgan fingerprint density at radius 1 is 1.30 bits per heavy atom. The number of nitrogens with zero attached hydrogens (tertiary/aromatic N) is 1. The number of hydrogen-bond acceptors (Lipinski definition) is 5. The van der Waals surface area contributed by atoms with Gasteiger partial charge in [0.1, 0.15) is 11.6 Å². The van der Waals surface area contributed by atoms with Crippen LogP contribution in [0.4, 0.5) is 11.5 Å². The van der Waals surface area contributed by atoms with Crippen LogP contribution in [0.2, 0.25) is 0 Å². The van der Waals surface area contributed by atoms with E-state index in [0.29, 0.717) is 18.8 Å². The molecule has 2 heterocycles. The van der Waals surface area contributed by atoms with Gasteiger partial charge in [-0.15, -0.1) is 0 Å². The minimum atomic E-state index is -3.29. The maximum absolute atomic E-state index is 11.6. The van der Waals surface area contributed by atoms with Crippen molar-refractivity contribution in [3.8, 4) is 0 Å². The summed E-state index contributed by atoms with van der Waals surface area (Å²) < 4.78 is 30.8. The van der Waals surface area contributed by atoms with Crippen molar-refractivity contribution in [3.63, 3.8) is 0 Å². The van der Waals surface area contributed by atoms with E-state index in [1.165, 1.54) is 0 Å². The van der Waals surface area contributed by atoms with Gasteiger partial charge in [-0.1, -0.05) is 6.92 Å². The first-order chi connectivity index (χ1) is 9.59. The van der Waals surface area contributed by atoms with E-state index >= 15 is 0 Å². The molecule has 0 bridgehead atoms. The van der Waals surface area contributed by atoms with E-state index in [-0.39, 0.29) is 5.75 Å². The molecule has 2 N–H and O–H groups in total. The summed E-state index contributed by atoms with van der Waals surface area (Å²) in [7, 11) is -3.29. The summed E-state index contributed by atoms with van der Waals surface area (Å²) in [5.41, 5.74) is 0.792. The van der Waals surface area contributed by atoms with E-state index in [4.69, 9.17) is 4.42 Å². The Morgan fingerprint density at radius 3 is 2.75 bits per heavy atom. The maximum Gasteiger partial charge on any atom is 0.233 e. The number of nitrogens with one attached hydrogen (secondary N) is 2. The average Bonchev–Trinajstić information content (AvgIpc) is 2.90. The highest BCUT2D eigenvalue weighted by Gasteiger charge is 2.09. The molecular weight excluding hydrogens is 278 g/mol. The predicted molar refractivity (Wildman–Crippen MR) is 78.0 cm³/mol. The zero-order chi connectivity index (χ0) is 14.4. The monoisotopic (exact) mass is 295 g/mol. The summed E-state index contributed by atoms with van der Waals surface area (Å²) >= 11 is 0. The van der Waals surface area contributed by atoms with Gasteiger partial charge in [-0.3, -0.25) is 4.72 Å². The normalized spacial score (nSPS) is 11.2. The van der Waals surface area contributed by atoms with Crippen LogP contribution >= 0.6 is 0 Å². The number of pyridine rings is 1. The van der Waals surface area contributed by atoms with Gasteiger partial charge in [-0.2, -0.15) is 0 Å². The molecule has 108 valence electrons. The van der Waals surface area contributed by atoms with Crippen molar-refractivity contribution >= 4 is 21.5 Å². The van der Waals surface area contributed by atoms with E-state index in [9.17, 15) is 8.42 Å². The second-order valence-electron chi connectivity index (χ2n) is 4.29. The molecule has 0 aromatic carbocycles. The number of furan rings is 1. The lowest BCUT2D eigenvalue weighted by molar-refractivity contribution is 0.518. The molecule has 0 saturated heterocycles. The first-order valence-electron chi connectivity index (χ1n) is 6.32. The van der Waals surface area contributed by atoms with Crippen LogP contribution in [-0.2, 0) is 16.6 Å².